The van der Waals surface area contributed by atoms with E-state index in [9.17, 15) is 4.79 Å². The van der Waals surface area contributed by atoms with E-state index in [2.05, 4.69) is 15.3 Å². The number of carbonyl (C=O) groups excluding carboxylic acids is 1. The summed E-state index contributed by atoms with van der Waals surface area (Å²) in [5, 5.41) is 3.02. The zero-order valence-electron chi connectivity index (χ0n) is 10.5. The molecule has 0 saturated heterocycles. The minimum Gasteiger partial charge on any atom is -0.331 e. The van der Waals surface area contributed by atoms with E-state index in [1.54, 1.807) is 19.5 Å². The van der Waals surface area contributed by atoms with Crippen LogP contribution in [0.4, 0.5) is 5.82 Å². The first kappa shape index (κ1) is 11.6. The molecule has 19 heavy (non-hydrogen) atoms. The number of hydrogen-bond donors (Lipinski definition) is 1. The molecule has 1 aromatic carbocycles. The third-order valence-corrected chi connectivity index (χ3v) is 3.19. The Kier molecular flexibility index (Phi) is 2.83. The molecule has 2 aromatic rings. The lowest BCUT2D eigenvalue weighted by atomic mass is 9.93. The predicted molar refractivity (Wildman–Crippen MR) is 74.6 cm³/mol. The molecule has 0 bridgehead atoms. The van der Waals surface area contributed by atoms with Gasteiger partial charge in [0.05, 0.1) is 6.34 Å². The number of aromatic nitrogens is 1. The van der Waals surface area contributed by atoms with Gasteiger partial charge in [0.25, 0.3) is 0 Å². The molecule has 0 amide bonds. The minimum absolute atomic E-state index is 0.0507. The van der Waals surface area contributed by atoms with Gasteiger partial charge in [-0.1, -0.05) is 30.3 Å². The van der Waals surface area contributed by atoms with Crippen LogP contribution in [0.5, 0.6) is 0 Å². The summed E-state index contributed by atoms with van der Waals surface area (Å²) >= 11 is 0. The Bertz CT molecular complexity index is 664. The molecule has 3 rings (SSSR count). The summed E-state index contributed by atoms with van der Waals surface area (Å²) in [5.74, 6) is 0.843. The summed E-state index contributed by atoms with van der Waals surface area (Å²) in [6.45, 7) is 1.58. The average Bonchev–Trinajstić information content (AvgIpc) is 2.46. The highest BCUT2D eigenvalue weighted by molar-refractivity contribution is 5.96. The Morgan fingerprint density at radius 3 is 2.79 bits per heavy atom. The molecule has 1 aliphatic heterocycles. The third kappa shape index (κ3) is 2.01. The second kappa shape index (κ2) is 4.65. The number of hydrogen-bond acceptors (Lipinski definition) is 4. The van der Waals surface area contributed by atoms with Crippen molar-refractivity contribution in [1.29, 1.82) is 0 Å². The van der Waals surface area contributed by atoms with Gasteiger partial charge in [-0.25, -0.2) is 4.98 Å². The topological polar surface area (TPSA) is 54.4 Å². The zero-order chi connectivity index (χ0) is 13.2. The standard InChI is InChI=1S/C15H13N3O/c1-10(19)11-5-2-3-6-12(11)14-13-7-4-8-16-15(13)18-9-17-14/h2-9,14H,1H3,(H,16,17,18). The lowest BCUT2D eigenvalue weighted by molar-refractivity contribution is 0.101. The van der Waals surface area contributed by atoms with Crippen molar-refractivity contribution in [3.05, 3.63) is 59.3 Å². The molecule has 0 radical (unpaired) electrons. The zero-order valence-corrected chi connectivity index (χ0v) is 10.5. The van der Waals surface area contributed by atoms with Gasteiger partial charge < -0.3 is 5.32 Å². The lowest BCUT2D eigenvalue weighted by Crippen LogP contribution is -2.14. The van der Waals surface area contributed by atoms with Crippen molar-refractivity contribution in [3.63, 3.8) is 0 Å². The molecule has 1 aromatic heterocycles. The molecule has 0 fully saturated rings. The van der Waals surface area contributed by atoms with Gasteiger partial charge in [0, 0.05) is 17.3 Å². The van der Waals surface area contributed by atoms with Gasteiger partial charge in [-0.2, -0.15) is 0 Å². The molecule has 0 saturated carbocycles. The van der Waals surface area contributed by atoms with Crippen molar-refractivity contribution in [2.45, 2.75) is 13.0 Å². The third-order valence-electron chi connectivity index (χ3n) is 3.19. The number of benzene rings is 1. The first-order valence-electron chi connectivity index (χ1n) is 6.10. The molecule has 0 aliphatic carbocycles. The number of fused-ring (bicyclic) bond motifs is 1. The van der Waals surface area contributed by atoms with Gasteiger partial charge in [-0.05, 0) is 18.6 Å². The first-order valence-corrected chi connectivity index (χ1v) is 6.10. The maximum atomic E-state index is 11.7. The van der Waals surface area contributed by atoms with Crippen LogP contribution >= 0.6 is 0 Å². The number of aliphatic imine (C=N–C) groups is 1. The maximum absolute atomic E-state index is 11.7. The van der Waals surface area contributed by atoms with Crippen LogP contribution in [0.15, 0.2) is 47.6 Å². The summed E-state index contributed by atoms with van der Waals surface area (Å²) in [7, 11) is 0. The van der Waals surface area contributed by atoms with Crippen LogP contribution in [0.25, 0.3) is 0 Å². The van der Waals surface area contributed by atoms with Crippen LogP contribution in [0.2, 0.25) is 0 Å². The predicted octanol–water partition coefficient (Wildman–Crippen LogP) is 2.83. The van der Waals surface area contributed by atoms with E-state index in [4.69, 9.17) is 0 Å². The fraction of sp³-hybridized carbons (Fsp3) is 0.133. The normalized spacial score (nSPS) is 16.6. The van der Waals surface area contributed by atoms with E-state index >= 15 is 0 Å². The van der Waals surface area contributed by atoms with Gasteiger partial charge in [-0.3, -0.25) is 9.79 Å². The largest absolute Gasteiger partial charge is 0.331 e. The quantitative estimate of drug-likeness (QED) is 0.835. The van der Waals surface area contributed by atoms with E-state index in [1.165, 1.54) is 0 Å². The van der Waals surface area contributed by atoms with Crippen molar-refractivity contribution in [2.75, 3.05) is 5.32 Å². The summed E-state index contributed by atoms with van der Waals surface area (Å²) in [4.78, 5) is 20.5. The molecule has 4 heteroatoms. The molecule has 94 valence electrons. The SMILES string of the molecule is CC(=O)c1ccccc1C1N=CNc2ncccc21. The smallest absolute Gasteiger partial charge is 0.160 e. The fourth-order valence-corrected chi connectivity index (χ4v) is 2.32. The molecule has 1 unspecified atom stereocenters. The van der Waals surface area contributed by atoms with Crippen LogP contribution in [0.3, 0.4) is 0 Å². The lowest BCUT2D eigenvalue weighted by Gasteiger charge is -2.21. The monoisotopic (exact) mass is 251 g/mol. The van der Waals surface area contributed by atoms with E-state index in [1.807, 2.05) is 36.4 Å². The summed E-state index contributed by atoms with van der Waals surface area (Å²) in [6.07, 6.45) is 3.37. The van der Waals surface area contributed by atoms with Gasteiger partial charge in [0.15, 0.2) is 5.78 Å². The molecular weight excluding hydrogens is 238 g/mol. The van der Waals surface area contributed by atoms with Crippen molar-refractivity contribution in [3.8, 4) is 0 Å². The Morgan fingerprint density at radius 2 is 1.95 bits per heavy atom. The molecular formula is C15H13N3O. The second-order valence-electron chi connectivity index (χ2n) is 4.41. The Hall–Kier alpha value is -2.49. The van der Waals surface area contributed by atoms with Crippen molar-refractivity contribution < 1.29 is 4.79 Å². The van der Waals surface area contributed by atoms with Crippen LogP contribution in [0.1, 0.15) is 34.5 Å². The van der Waals surface area contributed by atoms with E-state index in [0.29, 0.717) is 5.56 Å². The summed E-state index contributed by atoms with van der Waals surface area (Å²) in [6, 6.07) is 11.3. The number of ketones is 1. The van der Waals surface area contributed by atoms with E-state index in [0.717, 1.165) is 16.9 Å². The molecule has 1 aliphatic rings. The Morgan fingerprint density at radius 1 is 1.16 bits per heavy atom. The number of nitrogens with zero attached hydrogens (tertiary/aromatic N) is 2. The van der Waals surface area contributed by atoms with Crippen molar-refractivity contribution in [2.24, 2.45) is 4.99 Å². The number of carbonyl (C=O) groups is 1. The van der Waals surface area contributed by atoms with Crippen molar-refractivity contribution >= 4 is 17.9 Å². The molecule has 1 atom stereocenters. The Balaban J connectivity index is 2.15. The first-order chi connectivity index (χ1) is 9.27. The maximum Gasteiger partial charge on any atom is 0.160 e. The number of pyridine rings is 1. The van der Waals surface area contributed by atoms with Gasteiger partial charge in [0.2, 0.25) is 0 Å². The van der Waals surface area contributed by atoms with E-state index in [-0.39, 0.29) is 11.8 Å². The summed E-state index contributed by atoms with van der Waals surface area (Å²) in [5.41, 5.74) is 2.61. The molecule has 0 spiro atoms. The molecule has 2 heterocycles. The average molecular weight is 251 g/mol. The van der Waals surface area contributed by atoms with Crippen molar-refractivity contribution in [1.82, 2.24) is 4.98 Å². The van der Waals surface area contributed by atoms with E-state index < -0.39 is 0 Å². The van der Waals surface area contributed by atoms with Crippen LogP contribution in [0, 0.1) is 0 Å². The van der Waals surface area contributed by atoms with Gasteiger partial charge in [0.1, 0.15) is 11.9 Å². The highest BCUT2D eigenvalue weighted by Gasteiger charge is 2.23. The van der Waals surface area contributed by atoms with Gasteiger partial charge >= 0.3 is 0 Å². The van der Waals surface area contributed by atoms with Crippen LogP contribution in [-0.4, -0.2) is 17.1 Å². The second-order valence-corrected chi connectivity index (χ2v) is 4.41. The van der Waals surface area contributed by atoms with Crippen LogP contribution < -0.4 is 5.32 Å². The number of Topliss-reactive ketones (excluding diaryl/α,β-unsaturated/α-hetero) is 1. The van der Waals surface area contributed by atoms with Crippen LogP contribution in [-0.2, 0) is 0 Å². The highest BCUT2D eigenvalue weighted by Crippen LogP contribution is 2.34. The highest BCUT2D eigenvalue weighted by atomic mass is 16.1. The van der Waals surface area contributed by atoms with Gasteiger partial charge in [-0.15, -0.1) is 0 Å². The minimum atomic E-state index is -0.176. The number of nitrogens with one attached hydrogen (secondary N) is 1. The number of anilines is 1. The molecule has 4 nitrogen and oxygen atoms in total. The Labute approximate surface area is 111 Å². The number of rotatable bonds is 2. The summed E-state index contributed by atoms with van der Waals surface area (Å²) < 4.78 is 0. The molecule has 1 N–H and O–H groups in total. The fourth-order valence-electron chi connectivity index (χ4n) is 2.32.